The maximum absolute atomic E-state index is 13.9. The zero-order valence-corrected chi connectivity index (χ0v) is 24.9. The minimum atomic E-state index is -0.758. The molecule has 0 fully saturated rings. The number of furan rings is 1. The van der Waals surface area contributed by atoms with Gasteiger partial charge in [0.2, 0.25) is 0 Å². The number of rotatable bonds is 7. The predicted octanol–water partition coefficient (Wildman–Crippen LogP) is 4.55. The van der Waals surface area contributed by atoms with Gasteiger partial charge in [-0.05, 0) is 69.2 Å². The molecule has 42 heavy (non-hydrogen) atoms. The number of hydrogen-bond donors (Lipinski definition) is 0. The minimum absolute atomic E-state index is 0.233. The third kappa shape index (κ3) is 5.45. The second-order valence-electron chi connectivity index (χ2n) is 10.0. The van der Waals surface area contributed by atoms with Crippen LogP contribution in [0.25, 0.3) is 17.4 Å². The maximum Gasteiger partial charge on any atom is 0.338 e. The summed E-state index contributed by atoms with van der Waals surface area (Å²) in [5.74, 6) is 0.634. The van der Waals surface area contributed by atoms with E-state index in [0.29, 0.717) is 49.0 Å². The Morgan fingerprint density at radius 3 is 2.55 bits per heavy atom. The molecular weight excluding hydrogens is 556 g/mol. The van der Waals surface area contributed by atoms with Crippen molar-refractivity contribution in [1.29, 1.82) is 0 Å². The van der Waals surface area contributed by atoms with Crippen LogP contribution >= 0.6 is 11.3 Å². The van der Waals surface area contributed by atoms with Crippen molar-refractivity contribution in [3.8, 4) is 17.1 Å². The molecule has 4 aromatic rings. The highest BCUT2D eigenvalue weighted by molar-refractivity contribution is 7.07. The van der Waals surface area contributed by atoms with Crippen LogP contribution in [0.15, 0.2) is 80.1 Å². The van der Waals surface area contributed by atoms with Gasteiger partial charge in [-0.15, -0.1) is 0 Å². The molecule has 10 heteroatoms. The van der Waals surface area contributed by atoms with Crippen molar-refractivity contribution < 1.29 is 28.2 Å². The van der Waals surface area contributed by atoms with Gasteiger partial charge in [0, 0.05) is 11.6 Å². The zero-order chi connectivity index (χ0) is 30.1. The number of esters is 2. The average Bonchev–Trinajstić information content (AvgIpc) is 3.56. The standard InChI is InChI=1S/C32H30N2O7S/c1-17(2)40-30(36)22-9-7-8-20(14-22)24-13-12-23(41-24)16-26-29(35)34-28(21-11-10-18(3)25(15-21)38-5)27(31(37)39-6)19(4)33-32(34)42-26/h7-17,28H,1-6H3/b26-16+/t28-/m0/s1. The minimum Gasteiger partial charge on any atom is -0.496 e. The molecule has 0 saturated heterocycles. The number of carbonyl (C=O) groups excluding carboxylic acids is 2. The first-order valence-electron chi connectivity index (χ1n) is 13.3. The van der Waals surface area contributed by atoms with E-state index in [1.165, 1.54) is 23.0 Å². The lowest BCUT2D eigenvalue weighted by molar-refractivity contribution is -0.136. The molecule has 0 radical (unpaired) electrons. The fourth-order valence-electron chi connectivity index (χ4n) is 4.81. The third-order valence-corrected chi connectivity index (χ3v) is 7.78. The molecule has 2 aromatic carbocycles. The van der Waals surface area contributed by atoms with Crippen molar-refractivity contribution in [2.75, 3.05) is 14.2 Å². The third-order valence-electron chi connectivity index (χ3n) is 6.80. The lowest BCUT2D eigenvalue weighted by Gasteiger charge is -2.25. The van der Waals surface area contributed by atoms with Crippen LogP contribution < -0.4 is 19.6 Å². The van der Waals surface area contributed by atoms with Crippen LogP contribution in [0, 0.1) is 6.92 Å². The van der Waals surface area contributed by atoms with Crippen LogP contribution in [-0.4, -0.2) is 36.8 Å². The number of nitrogens with zero attached hydrogens (tertiary/aromatic N) is 2. The Morgan fingerprint density at radius 1 is 1.05 bits per heavy atom. The lowest BCUT2D eigenvalue weighted by Crippen LogP contribution is -2.39. The average molecular weight is 587 g/mol. The molecule has 0 aliphatic carbocycles. The number of fused-ring (bicyclic) bond motifs is 1. The van der Waals surface area contributed by atoms with Gasteiger partial charge in [0.1, 0.15) is 17.3 Å². The Hall–Kier alpha value is -4.70. The van der Waals surface area contributed by atoms with Crippen LogP contribution in [0.4, 0.5) is 0 Å². The van der Waals surface area contributed by atoms with E-state index < -0.39 is 18.0 Å². The summed E-state index contributed by atoms with van der Waals surface area (Å²) < 4.78 is 23.8. The van der Waals surface area contributed by atoms with Crippen LogP contribution in [-0.2, 0) is 14.3 Å². The number of allylic oxidation sites excluding steroid dienone is 1. The number of ether oxygens (including phenoxy) is 3. The van der Waals surface area contributed by atoms with Gasteiger partial charge in [0.05, 0.1) is 47.7 Å². The predicted molar refractivity (Wildman–Crippen MR) is 158 cm³/mol. The first-order chi connectivity index (χ1) is 20.1. The second kappa shape index (κ2) is 11.7. The number of carbonyl (C=O) groups is 2. The molecular formula is C32H30N2O7S. The lowest BCUT2D eigenvalue weighted by atomic mass is 9.95. The van der Waals surface area contributed by atoms with Crippen LogP contribution in [0.5, 0.6) is 5.75 Å². The summed E-state index contributed by atoms with van der Waals surface area (Å²) in [6.07, 6.45) is 1.41. The van der Waals surface area contributed by atoms with E-state index in [4.69, 9.17) is 18.6 Å². The highest BCUT2D eigenvalue weighted by Gasteiger charge is 2.33. The van der Waals surface area contributed by atoms with E-state index in [1.807, 2.05) is 31.2 Å². The van der Waals surface area contributed by atoms with E-state index in [2.05, 4.69) is 4.99 Å². The van der Waals surface area contributed by atoms with Crippen LogP contribution in [0.3, 0.4) is 0 Å². The molecule has 2 aromatic heterocycles. The zero-order valence-electron chi connectivity index (χ0n) is 24.1. The Labute approximate surface area is 246 Å². The van der Waals surface area contributed by atoms with Crippen molar-refractivity contribution in [3.05, 3.63) is 108 Å². The quantitative estimate of drug-likeness (QED) is 0.292. The number of hydrogen-bond acceptors (Lipinski definition) is 9. The van der Waals surface area contributed by atoms with Crippen molar-refractivity contribution >= 4 is 29.4 Å². The number of thiazole rings is 1. The van der Waals surface area contributed by atoms with E-state index >= 15 is 0 Å². The van der Waals surface area contributed by atoms with Gasteiger partial charge in [-0.25, -0.2) is 14.6 Å². The molecule has 9 nitrogen and oxygen atoms in total. The molecule has 0 spiro atoms. The Morgan fingerprint density at radius 2 is 1.83 bits per heavy atom. The first-order valence-corrected chi connectivity index (χ1v) is 14.1. The van der Waals surface area contributed by atoms with E-state index in [0.717, 1.165) is 5.56 Å². The van der Waals surface area contributed by atoms with Crippen LogP contribution in [0.1, 0.15) is 54.1 Å². The molecule has 0 amide bonds. The summed E-state index contributed by atoms with van der Waals surface area (Å²) in [6.45, 7) is 7.23. The normalized spacial score (nSPS) is 14.9. The molecule has 0 bridgehead atoms. The highest BCUT2D eigenvalue weighted by atomic mass is 32.1. The molecule has 3 heterocycles. The van der Waals surface area contributed by atoms with Crippen LogP contribution in [0.2, 0.25) is 0 Å². The summed E-state index contributed by atoms with van der Waals surface area (Å²) in [5, 5.41) is 0. The summed E-state index contributed by atoms with van der Waals surface area (Å²) in [6, 6.07) is 15.3. The molecule has 0 unspecified atom stereocenters. The Balaban J connectivity index is 1.58. The summed E-state index contributed by atoms with van der Waals surface area (Å²) in [4.78, 5) is 44.2. The molecule has 5 rings (SSSR count). The van der Waals surface area contributed by atoms with Crippen molar-refractivity contribution in [2.45, 2.75) is 39.8 Å². The maximum atomic E-state index is 13.9. The molecule has 0 N–H and O–H groups in total. The number of aryl methyl sites for hydroxylation is 1. The Kier molecular flexibility index (Phi) is 8.00. The SMILES string of the molecule is COC(=O)C1=C(C)N=c2s/c(=C/c3ccc(-c4cccc(C(=O)OC(C)C)c4)o3)c(=O)n2[C@H]1c1ccc(C)c(OC)c1. The molecule has 1 aliphatic heterocycles. The second-order valence-corrected chi connectivity index (χ2v) is 11.0. The number of benzene rings is 2. The van der Waals surface area contributed by atoms with E-state index in [9.17, 15) is 14.4 Å². The fourth-order valence-corrected chi connectivity index (χ4v) is 5.84. The first kappa shape index (κ1) is 28.8. The Bertz CT molecular complexity index is 1910. The van der Waals surface area contributed by atoms with Gasteiger partial charge in [-0.2, -0.15) is 0 Å². The summed E-state index contributed by atoms with van der Waals surface area (Å²) in [7, 11) is 2.88. The van der Waals surface area contributed by atoms with Gasteiger partial charge in [-0.1, -0.05) is 35.6 Å². The van der Waals surface area contributed by atoms with Gasteiger partial charge < -0.3 is 18.6 Å². The molecule has 0 saturated carbocycles. The summed E-state index contributed by atoms with van der Waals surface area (Å²) >= 11 is 1.20. The largest absolute Gasteiger partial charge is 0.496 e. The van der Waals surface area contributed by atoms with Crippen molar-refractivity contribution in [3.63, 3.8) is 0 Å². The molecule has 1 atom stereocenters. The fraction of sp³-hybridized carbons (Fsp3) is 0.250. The summed E-state index contributed by atoms with van der Waals surface area (Å²) in [5.41, 5.74) is 3.14. The van der Waals surface area contributed by atoms with Gasteiger partial charge in [0.15, 0.2) is 4.80 Å². The monoisotopic (exact) mass is 586 g/mol. The van der Waals surface area contributed by atoms with Gasteiger partial charge in [0.25, 0.3) is 5.56 Å². The van der Waals surface area contributed by atoms with E-state index in [-0.39, 0.29) is 17.2 Å². The van der Waals surface area contributed by atoms with Gasteiger partial charge >= 0.3 is 11.9 Å². The number of aromatic nitrogens is 1. The highest BCUT2D eigenvalue weighted by Crippen LogP contribution is 2.33. The van der Waals surface area contributed by atoms with E-state index in [1.54, 1.807) is 64.3 Å². The topological polar surface area (TPSA) is 109 Å². The van der Waals surface area contributed by atoms with Crippen molar-refractivity contribution in [2.24, 2.45) is 4.99 Å². The molecule has 1 aliphatic rings. The van der Waals surface area contributed by atoms with Crippen molar-refractivity contribution in [1.82, 2.24) is 4.57 Å². The molecule has 216 valence electrons. The smallest absolute Gasteiger partial charge is 0.338 e. The van der Waals surface area contributed by atoms with Gasteiger partial charge in [-0.3, -0.25) is 9.36 Å². The number of methoxy groups -OCH3 is 2.